The number of likely N-dealkylation sites (tertiary alicyclic amines) is 1. The monoisotopic (exact) mass is 421 g/mol. The summed E-state index contributed by atoms with van der Waals surface area (Å²) >= 11 is 0. The highest BCUT2D eigenvalue weighted by Crippen LogP contribution is 2.29. The van der Waals surface area contributed by atoms with Crippen molar-refractivity contribution in [1.29, 1.82) is 0 Å². The van der Waals surface area contributed by atoms with E-state index in [-0.39, 0.29) is 12.5 Å². The Morgan fingerprint density at radius 3 is 2.00 bits per heavy atom. The minimum absolute atomic E-state index is 0.112. The van der Waals surface area contributed by atoms with Crippen molar-refractivity contribution in [3.8, 4) is 0 Å². The fourth-order valence-corrected chi connectivity index (χ4v) is 3.73. The first-order valence-electron chi connectivity index (χ1n) is 11.0. The molecule has 5 nitrogen and oxygen atoms in total. The van der Waals surface area contributed by atoms with Crippen LogP contribution in [0, 0.1) is 5.41 Å². The number of carbonyl (C=O) groups is 3. The molecule has 164 valence electrons. The Morgan fingerprint density at radius 1 is 1.00 bits per heavy atom. The molecule has 0 aliphatic carbocycles. The lowest BCUT2D eigenvalue weighted by Crippen LogP contribution is -2.59. The third kappa shape index (κ3) is 5.22. The molecule has 1 fully saturated rings. The van der Waals surface area contributed by atoms with E-state index >= 15 is 0 Å². The number of Topliss-reactive ketones (excluding diaryl/α,β-unsaturated/α-hetero) is 1. The molecule has 0 radical (unpaired) electrons. The minimum Gasteiger partial charge on any atom is -0.464 e. The van der Waals surface area contributed by atoms with Crippen LogP contribution in [0.2, 0.25) is 0 Å². The number of esters is 1. The van der Waals surface area contributed by atoms with E-state index in [0.29, 0.717) is 25.8 Å². The van der Waals surface area contributed by atoms with Gasteiger partial charge < -0.3 is 9.64 Å². The smallest absolute Gasteiger partial charge is 0.328 e. The first kappa shape index (κ1) is 22.7. The highest BCUT2D eigenvalue weighted by atomic mass is 16.5. The number of benzene rings is 2. The summed E-state index contributed by atoms with van der Waals surface area (Å²) in [6.45, 7) is 6.06. The summed E-state index contributed by atoms with van der Waals surface area (Å²) in [5.74, 6) is -1.34. The summed E-state index contributed by atoms with van der Waals surface area (Å²) in [4.78, 5) is 39.0. The van der Waals surface area contributed by atoms with E-state index in [1.54, 1.807) is 13.8 Å². The molecule has 0 spiro atoms. The zero-order valence-corrected chi connectivity index (χ0v) is 18.5. The quantitative estimate of drug-likeness (QED) is 0.446. The van der Waals surface area contributed by atoms with Crippen LogP contribution in [0.5, 0.6) is 0 Å². The Morgan fingerprint density at radius 2 is 1.55 bits per heavy atom. The lowest BCUT2D eigenvalue weighted by Gasteiger charge is -2.39. The van der Waals surface area contributed by atoms with Gasteiger partial charge in [0.05, 0.1) is 6.61 Å². The number of hydrogen-bond acceptors (Lipinski definition) is 4. The van der Waals surface area contributed by atoms with E-state index < -0.39 is 29.1 Å². The van der Waals surface area contributed by atoms with Gasteiger partial charge in [-0.05, 0) is 30.4 Å². The van der Waals surface area contributed by atoms with Crippen molar-refractivity contribution in [1.82, 2.24) is 4.90 Å². The zero-order valence-electron chi connectivity index (χ0n) is 18.5. The van der Waals surface area contributed by atoms with Crippen LogP contribution >= 0.6 is 0 Å². The molecule has 1 aliphatic heterocycles. The van der Waals surface area contributed by atoms with Crippen molar-refractivity contribution in [2.75, 3.05) is 13.2 Å². The van der Waals surface area contributed by atoms with Gasteiger partial charge in [-0.3, -0.25) is 9.59 Å². The SMILES string of the molecule is CCC(C)(C)C(=O)C(=O)N1CC[C@H]1C(=O)OCCC(c1ccccc1)c1ccccc1. The van der Waals surface area contributed by atoms with Crippen LogP contribution in [0.15, 0.2) is 60.7 Å². The summed E-state index contributed by atoms with van der Waals surface area (Å²) < 4.78 is 5.55. The van der Waals surface area contributed by atoms with Gasteiger partial charge in [0.2, 0.25) is 5.78 Å². The Kier molecular flexibility index (Phi) is 7.26. The third-order valence-corrected chi connectivity index (χ3v) is 6.30. The fourth-order valence-electron chi connectivity index (χ4n) is 3.73. The molecule has 1 heterocycles. The lowest BCUT2D eigenvalue weighted by molar-refractivity contribution is -0.165. The summed E-state index contributed by atoms with van der Waals surface area (Å²) in [6, 6.07) is 19.6. The van der Waals surface area contributed by atoms with E-state index in [1.165, 1.54) is 4.90 Å². The van der Waals surface area contributed by atoms with Crippen LogP contribution in [-0.4, -0.2) is 41.8 Å². The highest BCUT2D eigenvalue weighted by Gasteiger charge is 2.44. The summed E-state index contributed by atoms with van der Waals surface area (Å²) in [5.41, 5.74) is 1.61. The molecule has 0 N–H and O–H groups in total. The molecule has 1 aliphatic rings. The van der Waals surface area contributed by atoms with E-state index in [1.807, 2.05) is 43.3 Å². The van der Waals surface area contributed by atoms with Gasteiger partial charge in [0, 0.05) is 17.9 Å². The summed E-state index contributed by atoms with van der Waals surface area (Å²) in [6.07, 6.45) is 1.74. The second-order valence-corrected chi connectivity index (χ2v) is 8.70. The number of ether oxygens (including phenoxy) is 1. The van der Waals surface area contributed by atoms with Gasteiger partial charge in [-0.25, -0.2) is 4.79 Å². The number of hydrogen-bond donors (Lipinski definition) is 0. The van der Waals surface area contributed by atoms with Gasteiger partial charge in [-0.15, -0.1) is 0 Å². The largest absolute Gasteiger partial charge is 0.464 e. The van der Waals surface area contributed by atoms with Crippen LogP contribution in [0.4, 0.5) is 0 Å². The molecule has 2 aromatic carbocycles. The van der Waals surface area contributed by atoms with Crippen LogP contribution < -0.4 is 0 Å². The zero-order chi connectivity index (χ0) is 22.4. The Hall–Kier alpha value is -2.95. The molecule has 1 atom stereocenters. The molecule has 0 saturated carbocycles. The molecule has 1 saturated heterocycles. The molecule has 31 heavy (non-hydrogen) atoms. The molecule has 2 aromatic rings. The lowest BCUT2D eigenvalue weighted by atomic mass is 9.84. The minimum atomic E-state index is -0.723. The summed E-state index contributed by atoms with van der Waals surface area (Å²) in [7, 11) is 0. The Bertz CT molecular complexity index is 868. The predicted molar refractivity (Wildman–Crippen MR) is 120 cm³/mol. The molecular weight excluding hydrogens is 390 g/mol. The first-order chi connectivity index (χ1) is 14.8. The summed E-state index contributed by atoms with van der Waals surface area (Å²) in [5, 5.41) is 0. The van der Waals surface area contributed by atoms with Crippen molar-refractivity contribution >= 4 is 17.7 Å². The van der Waals surface area contributed by atoms with E-state index in [0.717, 1.165) is 11.1 Å². The average Bonchev–Trinajstić information content (AvgIpc) is 2.76. The molecular formula is C26H31NO4. The van der Waals surface area contributed by atoms with Gasteiger partial charge in [-0.2, -0.15) is 0 Å². The molecule has 0 bridgehead atoms. The Labute approximate surface area is 184 Å². The normalized spacial score (nSPS) is 16.0. The molecule has 5 heteroatoms. The van der Waals surface area contributed by atoms with Crippen molar-refractivity contribution in [3.63, 3.8) is 0 Å². The molecule has 3 rings (SSSR count). The predicted octanol–water partition coefficient (Wildman–Crippen LogP) is 4.36. The van der Waals surface area contributed by atoms with E-state index in [2.05, 4.69) is 24.3 Å². The maximum absolute atomic E-state index is 12.6. The van der Waals surface area contributed by atoms with E-state index in [9.17, 15) is 14.4 Å². The second-order valence-electron chi connectivity index (χ2n) is 8.70. The molecule has 0 aromatic heterocycles. The van der Waals surface area contributed by atoms with Gasteiger partial charge >= 0.3 is 5.97 Å². The standard InChI is InChI=1S/C26H31NO4/c1-4-26(2,3)23(28)24(29)27-17-15-22(27)25(30)31-18-16-21(19-11-7-5-8-12-19)20-13-9-6-10-14-20/h5-14,21-22H,4,15-18H2,1-3H3/t22-/m0/s1. The Balaban J connectivity index is 1.59. The maximum Gasteiger partial charge on any atom is 0.328 e. The highest BCUT2D eigenvalue weighted by molar-refractivity contribution is 6.38. The van der Waals surface area contributed by atoms with E-state index in [4.69, 9.17) is 4.74 Å². The van der Waals surface area contributed by atoms with Crippen LogP contribution in [0.1, 0.15) is 57.1 Å². The topological polar surface area (TPSA) is 63.7 Å². The van der Waals surface area contributed by atoms with Crippen molar-refractivity contribution in [2.24, 2.45) is 5.41 Å². The van der Waals surface area contributed by atoms with Crippen LogP contribution in [0.3, 0.4) is 0 Å². The van der Waals surface area contributed by atoms with Crippen molar-refractivity contribution in [3.05, 3.63) is 71.8 Å². The van der Waals surface area contributed by atoms with Crippen LogP contribution in [0.25, 0.3) is 0 Å². The van der Waals surface area contributed by atoms with Gasteiger partial charge in [0.1, 0.15) is 6.04 Å². The first-order valence-corrected chi connectivity index (χ1v) is 11.0. The number of nitrogens with zero attached hydrogens (tertiary/aromatic N) is 1. The molecule has 0 unspecified atom stereocenters. The third-order valence-electron chi connectivity index (χ3n) is 6.30. The van der Waals surface area contributed by atoms with Crippen molar-refractivity contribution in [2.45, 2.75) is 52.0 Å². The molecule has 1 amide bonds. The fraction of sp³-hybridized carbons (Fsp3) is 0.423. The maximum atomic E-state index is 12.6. The number of rotatable bonds is 9. The van der Waals surface area contributed by atoms with Gasteiger partial charge in [0.15, 0.2) is 0 Å². The number of carbonyl (C=O) groups excluding carboxylic acids is 3. The van der Waals surface area contributed by atoms with Crippen molar-refractivity contribution < 1.29 is 19.1 Å². The van der Waals surface area contributed by atoms with Gasteiger partial charge in [0.25, 0.3) is 5.91 Å². The average molecular weight is 422 g/mol. The number of amides is 1. The second kappa shape index (κ2) is 9.90. The number of ketones is 1. The van der Waals surface area contributed by atoms with Gasteiger partial charge in [-0.1, -0.05) is 81.4 Å². The van der Waals surface area contributed by atoms with Crippen LogP contribution in [-0.2, 0) is 19.1 Å².